The van der Waals surface area contributed by atoms with E-state index >= 15 is 0 Å². The molecule has 28 heavy (non-hydrogen) atoms. The van der Waals surface area contributed by atoms with Crippen molar-refractivity contribution in [3.05, 3.63) is 76.3 Å². The average Bonchev–Trinajstić information content (AvgIpc) is 3.54. The fraction of sp³-hybridized carbons (Fsp3) is 0.364. The summed E-state index contributed by atoms with van der Waals surface area (Å²) in [7, 11) is 3.70. The van der Waals surface area contributed by atoms with Crippen LogP contribution < -0.4 is 4.74 Å². The van der Waals surface area contributed by atoms with E-state index in [-0.39, 0.29) is 0 Å². The lowest BCUT2D eigenvalue weighted by Gasteiger charge is -2.22. The molecule has 4 rings (SSSR count). The highest BCUT2D eigenvalue weighted by molar-refractivity contribution is 7.71. The first-order chi connectivity index (χ1) is 13.6. The molecule has 0 amide bonds. The molecule has 0 unspecified atom stereocenters. The van der Waals surface area contributed by atoms with Crippen LogP contribution in [0.1, 0.15) is 29.8 Å². The van der Waals surface area contributed by atoms with Crippen LogP contribution in [-0.4, -0.2) is 32.4 Å². The number of rotatable bonds is 8. The molecule has 1 fully saturated rings. The Morgan fingerprint density at radius 2 is 1.79 bits per heavy atom. The molecule has 0 saturated heterocycles. The van der Waals surface area contributed by atoms with E-state index in [1.807, 2.05) is 34.5 Å². The summed E-state index contributed by atoms with van der Waals surface area (Å²) in [5, 5.41) is 4.84. The summed E-state index contributed by atoms with van der Waals surface area (Å²) in [4.78, 5) is 2.47. The van der Waals surface area contributed by atoms with Gasteiger partial charge in [0.1, 0.15) is 11.6 Å². The Labute approximate surface area is 171 Å². The number of aromatic nitrogens is 3. The molecule has 0 bridgehead atoms. The van der Waals surface area contributed by atoms with Crippen molar-refractivity contribution in [3.63, 3.8) is 0 Å². The van der Waals surface area contributed by atoms with Crippen LogP contribution in [0.3, 0.4) is 0 Å². The Kier molecular flexibility index (Phi) is 5.59. The van der Waals surface area contributed by atoms with Gasteiger partial charge in [-0.2, -0.15) is 5.10 Å². The van der Waals surface area contributed by atoms with Gasteiger partial charge in [0.15, 0.2) is 4.77 Å². The van der Waals surface area contributed by atoms with Crippen LogP contribution >= 0.6 is 12.2 Å². The Balaban J connectivity index is 1.51. The monoisotopic (exact) mass is 394 g/mol. The van der Waals surface area contributed by atoms with Gasteiger partial charge in [0.05, 0.1) is 13.8 Å². The summed E-state index contributed by atoms with van der Waals surface area (Å²) >= 11 is 5.67. The minimum atomic E-state index is 0.614. The Morgan fingerprint density at radius 3 is 2.43 bits per heavy atom. The van der Waals surface area contributed by atoms with E-state index in [4.69, 9.17) is 22.1 Å². The molecule has 6 heteroatoms. The van der Waals surface area contributed by atoms with Gasteiger partial charge in [0.2, 0.25) is 0 Å². The summed E-state index contributed by atoms with van der Waals surface area (Å²) in [6, 6.07) is 19.3. The molecule has 3 aromatic rings. The van der Waals surface area contributed by atoms with Crippen molar-refractivity contribution in [2.75, 3.05) is 7.11 Å². The lowest BCUT2D eigenvalue weighted by Crippen LogP contribution is -2.29. The van der Waals surface area contributed by atoms with E-state index in [9.17, 15) is 0 Å². The molecule has 1 saturated carbocycles. The van der Waals surface area contributed by atoms with Crippen LogP contribution in [0.25, 0.3) is 0 Å². The second-order valence-corrected chi connectivity index (χ2v) is 7.75. The number of hydrogen-bond donors (Lipinski definition) is 0. The fourth-order valence-electron chi connectivity index (χ4n) is 3.43. The average molecular weight is 395 g/mol. The molecular weight excluding hydrogens is 368 g/mol. The van der Waals surface area contributed by atoms with Gasteiger partial charge in [-0.05, 0) is 48.3 Å². The number of hydrogen-bond acceptors (Lipinski definition) is 4. The second kappa shape index (κ2) is 8.29. The van der Waals surface area contributed by atoms with E-state index in [0.717, 1.165) is 36.0 Å². The van der Waals surface area contributed by atoms with Crippen LogP contribution in [0.15, 0.2) is 54.6 Å². The molecule has 0 radical (unpaired) electrons. The van der Waals surface area contributed by atoms with Crippen molar-refractivity contribution in [1.29, 1.82) is 0 Å². The van der Waals surface area contributed by atoms with Crippen molar-refractivity contribution >= 4 is 12.2 Å². The number of methoxy groups -OCH3 is 1. The standard InChI is InChI=1S/C22H26N4OS/c1-24-21(14-17-6-4-3-5-7-17)23-26(22(24)28)16-25(19-10-11-19)15-18-8-12-20(27-2)13-9-18/h3-9,12-13,19H,10-11,14-16H2,1-2H3. The van der Waals surface area contributed by atoms with E-state index < -0.39 is 0 Å². The maximum atomic E-state index is 5.67. The van der Waals surface area contributed by atoms with Gasteiger partial charge in [-0.3, -0.25) is 4.90 Å². The van der Waals surface area contributed by atoms with E-state index in [1.54, 1.807) is 7.11 Å². The van der Waals surface area contributed by atoms with Crippen LogP contribution in [-0.2, 0) is 26.7 Å². The normalized spacial score (nSPS) is 13.8. The van der Waals surface area contributed by atoms with Gasteiger partial charge < -0.3 is 9.30 Å². The number of nitrogens with zero attached hydrogens (tertiary/aromatic N) is 4. The topological polar surface area (TPSA) is 35.2 Å². The maximum absolute atomic E-state index is 5.67. The van der Waals surface area contributed by atoms with Crippen LogP contribution in [0.4, 0.5) is 0 Å². The summed E-state index contributed by atoms with van der Waals surface area (Å²) in [6.45, 7) is 1.61. The summed E-state index contributed by atoms with van der Waals surface area (Å²) in [6.07, 6.45) is 3.27. The smallest absolute Gasteiger partial charge is 0.198 e. The molecule has 0 atom stereocenters. The third-order valence-corrected chi connectivity index (χ3v) is 5.74. The highest BCUT2D eigenvalue weighted by Gasteiger charge is 2.29. The number of benzene rings is 2. The van der Waals surface area contributed by atoms with Gasteiger partial charge in [-0.1, -0.05) is 42.5 Å². The highest BCUT2D eigenvalue weighted by Crippen LogP contribution is 2.29. The Hall–Kier alpha value is -2.44. The van der Waals surface area contributed by atoms with Crippen LogP contribution in [0, 0.1) is 4.77 Å². The molecule has 5 nitrogen and oxygen atoms in total. The van der Waals surface area contributed by atoms with Gasteiger partial charge >= 0.3 is 0 Å². The molecular formula is C22H26N4OS. The first kappa shape index (κ1) is 18.9. The van der Waals surface area contributed by atoms with Crippen molar-refractivity contribution in [1.82, 2.24) is 19.2 Å². The van der Waals surface area contributed by atoms with E-state index in [0.29, 0.717) is 6.04 Å². The minimum Gasteiger partial charge on any atom is -0.497 e. The van der Waals surface area contributed by atoms with Crippen LogP contribution in [0.2, 0.25) is 0 Å². The first-order valence-electron chi connectivity index (χ1n) is 9.67. The molecule has 146 valence electrons. The van der Waals surface area contributed by atoms with E-state index in [2.05, 4.69) is 41.3 Å². The predicted molar refractivity (Wildman–Crippen MR) is 113 cm³/mol. The zero-order chi connectivity index (χ0) is 19.5. The number of ether oxygens (including phenoxy) is 1. The predicted octanol–water partition coefficient (Wildman–Crippen LogP) is 4.17. The summed E-state index contributed by atoms with van der Waals surface area (Å²) in [5.74, 6) is 1.88. The molecule has 1 aliphatic rings. The quantitative estimate of drug-likeness (QED) is 0.537. The van der Waals surface area contributed by atoms with Gasteiger partial charge in [0, 0.05) is 26.1 Å². The van der Waals surface area contributed by atoms with Crippen molar-refractivity contribution in [3.8, 4) is 5.75 Å². The minimum absolute atomic E-state index is 0.614. The molecule has 1 aliphatic carbocycles. The highest BCUT2D eigenvalue weighted by atomic mass is 32.1. The lowest BCUT2D eigenvalue weighted by atomic mass is 10.1. The summed E-state index contributed by atoms with van der Waals surface area (Å²) < 4.78 is 10.0. The van der Waals surface area contributed by atoms with Crippen molar-refractivity contribution in [2.24, 2.45) is 7.05 Å². The molecule has 1 heterocycles. The lowest BCUT2D eigenvalue weighted by molar-refractivity contribution is 0.186. The third kappa shape index (κ3) is 4.34. The Morgan fingerprint density at radius 1 is 1.07 bits per heavy atom. The van der Waals surface area contributed by atoms with E-state index in [1.165, 1.54) is 24.0 Å². The Bertz CT molecular complexity index is 974. The zero-order valence-electron chi connectivity index (χ0n) is 16.4. The molecule has 0 aliphatic heterocycles. The molecule has 2 aromatic carbocycles. The molecule has 0 spiro atoms. The van der Waals surface area contributed by atoms with Gasteiger partial charge in [-0.15, -0.1) is 0 Å². The molecule has 1 aromatic heterocycles. The van der Waals surface area contributed by atoms with Crippen molar-refractivity contribution < 1.29 is 4.74 Å². The first-order valence-corrected chi connectivity index (χ1v) is 10.1. The largest absolute Gasteiger partial charge is 0.497 e. The van der Waals surface area contributed by atoms with Crippen LogP contribution in [0.5, 0.6) is 5.75 Å². The summed E-state index contributed by atoms with van der Waals surface area (Å²) in [5.41, 5.74) is 2.52. The molecule has 0 N–H and O–H groups in total. The maximum Gasteiger partial charge on any atom is 0.198 e. The fourth-order valence-corrected chi connectivity index (χ4v) is 3.63. The second-order valence-electron chi connectivity index (χ2n) is 7.39. The SMILES string of the molecule is COc1ccc(CN(Cn2nc(Cc3ccccc3)n(C)c2=S)C2CC2)cc1. The van der Waals surface area contributed by atoms with Gasteiger partial charge in [-0.25, -0.2) is 4.68 Å². The zero-order valence-corrected chi connectivity index (χ0v) is 17.2. The third-order valence-electron chi connectivity index (χ3n) is 5.26. The van der Waals surface area contributed by atoms with Gasteiger partial charge in [0.25, 0.3) is 0 Å². The van der Waals surface area contributed by atoms with Crippen molar-refractivity contribution in [2.45, 2.75) is 38.5 Å².